The van der Waals surface area contributed by atoms with Crippen LogP contribution in [0.4, 0.5) is 5.69 Å². The molecule has 0 aliphatic heterocycles. The van der Waals surface area contributed by atoms with Gasteiger partial charge in [-0.3, -0.25) is 10.1 Å². The number of benzene rings is 2. The van der Waals surface area contributed by atoms with Gasteiger partial charge in [-0.2, -0.15) is 5.26 Å². The van der Waals surface area contributed by atoms with E-state index in [2.05, 4.69) is 16.7 Å². The summed E-state index contributed by atoms with van der Waals surface area (Å²) in [6.45, 7) is 6.38. The van der Waals surface area contributed by atoms with Crippen LogP contribution in [0, 0.1) is 11.3 Å². The van der Waals surface area contributed by atoms with Gasteiger partial charge < -0.3 is 10.1 Å². The molecule has 0 aliphatic carbocycles. The number of nitrogens with zero attached hydrogens (tertiary/aromatic N) is 1. The summed E-state index contributed by atoms with van der Waals surface area (Å²) in [5, 5.41) is 15.2. The summed E-state index contributed by atoms with van der Waals surface area (Å²) in [5.74, 6) is 0.651. The maximum atomic E-state index is 12.4. The average Bonchev–Trinajstić information content (AvgIpc) is 2.63. The first-order chi connectivity index (χ1) is 12.0. The molecule has 2 aromatic carbocycles. The van der Waals surface area contributed by atoms with Crippen molar-refractivity contribution < 1.29 is 9.53 Å². The van der Waals surface area contributed by atoms with E-state index < -0.39 is 6.04 Å². The van der Waals surface area contributed by atoms with Crippen LogP contribution in [0.15, 0.2) is 48.5 Å². The molecule has 0 radical (unpaired) electrons. The van der Waals surface area contributed by atoms with Crippen LogP contribution in [0.2, 0.25) is 0 Å². The molecule has 2 rings (SSSR count). The number of anilines is 1. The van der Waals surface area contributed by atoms with Gasteiger partial charge in [-0.1, -0.05) is 24.3 Å². The predicted molar refractivity (Wildman–Crippen MR) is 98.4 cm³/mol. The Bertz CT molecular complexity index is 750. The highest BCUT2D eigenvalue weighted by Crippen LogP contribution is 2.19. The Morgan fingerprint density at radius 2 is 1.84 bits per heavy atom. The van der Waals surface area contributed by atoms with Gasteiger partial charge in [0.15, 0.2) is 0 Å². The highest BCUT2D eigenvalue weighted by Gasteiger charge is 2.17. The Balaban J connectivity index is 1.97. The fraction of sp³-hybridized carbons (Fsp3) is 0.300. The summed E-state index contributed by atoms with van der Waals surface area (Å²) in [5.41, 5.74) is 2.04. The van der Waals surface area contributed by atoms with Crippen LogP contribution in [0.25, 0.3) is 0 Å². The molecule has 1 amide bonds. The van der Waals surface area contributed by atoms with E-state index in [1.807, 2.05) is 38.1 Å². The molecule has 5 nitrogen and oxygen atoms in total. The van der Waals surface area contributed by atoms with Crippen LogP contribution < -0.4 is 15.4 Å². The van der Waals surface area contributed by atoms with Gasteiger partial charge in [0.05, 0.1) is 23.9 Å². The SMILES string of the molecule is CCOc1ccc([C@@H](C)N[C@@H](C)C(=O)Nc2ccccc2C#N)cc1. The van der Waals surface area contributed by atoms with Gasteiger partial charge in [-0.05, 0) is 50.6 Å². The molecule has 0 saturated carbocycles. The number of ether oxygens (including phenoxy) is 1. The van der Waals surface area contributed by atoms with Crippen molar-refractivity contribution in [1.29, 1.82) is 5.26 Å². The molecule has 2 aromatic rings. The Kier molecular flexibility index (Phi) is 6.55. The average molecular weight is 337 g/mol. The van der Waals surface area contributed by atoms with Crippen molar-refractivity contribution in [3.05, 3.63) is 59.7 Å². The molecule has 5 heteroatoms. The van der Waals surface area contributed by atoms with E-state index in [1.165, 1.54) is 0 Å². The fourth-order valence-corrected chi connectivity index (χ4v) is 2.50. The molecule has 130 valence electrons. The van der Waals surface area contributed by atoms with E-state index in [9.17, 15) is 4.79 Å². The van der Waals surface area contributed by atoms with Crippen molar-refractivity contribution in [3.8, 4) is 11.8 Å². The van der Waals surface area contributed by atoms with Crippen LogP contribution in [-0.4, -0.2) is 18.6 Å². The van der Waals surface area contributed by atoms with Gasteiger partial charge in [0.2, 0.25) is 5.91 Å². The number of rotatable bonds is 7. The molecule has 0 aliphatic rings. The number of nitrogens with one attached hydrogen (secondary N) is 2. The Morgan fingerprint density at radius 3 is 2.48 bits per heavy atom. The summed E-state index contributed by atoms with van der Waals surface area (Å²) in [4.78, 5) is 12.4. The minimum absolute atomic E-state index is 0.00244. The smallest absolute Gasteiger partial charge is 0.241 e. The number of para-hydroxylation sites is 1. The van der Waals surface area contributed by atoms with E-state index in [0.717, 1.165) is 11.3 Å². The number of nitriles is 1. The first kappa shape index (κ1) is 18.5. The van der Waals surface area contributed by atoms with Crippen molar-refractivity contribution in [1.82, 2.24) is 5.32 Å². The third kappa shape index (κ3) is 5.07. The highest BCUT2D eigenvalue weighted by molar-refractivity contribution is 5.95. The molecule has 0 bridgehead atoms. The lowest BCUT2D eigenvalue weighted by Gasteiger charge is -2.20. The van der Waals surface area contributed by atoms with Crippen molar-refractivity contribution in [2.45, 2.75) is 32.9 Å². The topological polar surface area (TPSA) is 74.2 Å². The summed E-state index contributed by atoms with van der Waals surface area (Å²) >= 11 is 0. The molecular formula is C20H23N3O2. The zero-order valence-electron chi connectivity index (χ0n) is 14.7. The van der Waals surface area contributed by atoms with Gasteiger partial charge in [0, 0.05) is 6.04 Å². The van der Waals surface area contributed by atoms with Crippen molar-refractivity contribution >= 4 is 11.6 Å². The van der Waals surface area contributed by atoms with Gasteiger partial charge in [-0.15, -0.1) is 0 Å². The normalized spacial score (nSPS) is 12.7. The summed E-state index contributed by atoms with van der Waals surface area (Å²) in [6, 6.07) is 16.4. The van der Waals surface area contributed by atoms with Crippen LogP contribution in [0.5, 0.6) is 5.75 Å². The van der Waals surface area contributed by atoms with E-state index in [4.69, 9.17) is 10.00 Å². The third-order valence-corrected chi connectivity index (χ3v) is 3.89. The van der Waals surface area contributed by atoms with Gasteiger partial charge >= 0.3 is 0 Å². The largest absolute Gasteiger partial charge is 0.494 e. The van der Waals surface area contributed by atoms with Crippen molar-refractivity contribution in [3.63, 3.8) is 0 Å². The first-order valence-corrected chi connectivity index (χ1v) is 8.34. The maximum Gasteiger partial charge on any atom is 0.241 e. The van der Waals surface area contributed by atoms with E-state index >= 15 is 0 Å². The summed E-state index contributed by atoms with van der Waals surface area (Å²) in [6.07, 6.45) is 0. The second-order valence-corrected chi connectivity index (χ2v) is 5.76. The quantitative estimate of drug-likeness (QED) is 0.809. The second kappa shape index (κ2) is 8.86. The third-order valence-electron chi connectivity index (χ3n) is 3.89. The summed E-state index contributed by atoms with van der Waals surface area (Å²) in [7, 11) is 0. The van der Waals surface area contributed by atoms with E-state index in [-0.39, 0.29) is 11.9 Å². The molecule has 2 N–H and O–H groups in total. The zero-order valence-corrected chi connectivity index (χ0v) is 14.7. The Labute approximate surface area is 148 Å². The van der Waals surface area contributed by atoms with E-state index in [0.29, 0.717) is 17.9 Å². The molecule has 0 saturated heterocycles. The minimum atomic E-state index is -0.409. The van der Waals surface area contributed by atoms with Crippen LogP contribution >= 0.6 is 0 Å². The van der Waals surface area contributed by atoms with E-state index in [1.54, 1.807) is 31.2 Å². The van der Waals surface area contributed by atoms with Crippen molar-refractivity contribution in [2.24, 2.45) is 0 Å². The molecule has 0 spiro atoms. The Morgan fingerprint density at radius 1 is 1.16 bits per heavy atom. The van der Waals surface area contributed by atoms with Crippen LogP contribution in [-0.2, 0) is 4.79 Å². The lowest BCUT2D eigenvalue weighted by atomic mass is 10.1. The van der Waals surface area contributed by atoms with Gasteiger partial charge in [0.25, 0.3) is 0 Å². The number of amides is 1. The fourth-order valence-electron chi connectivity index (χ4n) is 2.50. The molecule has 0 unspecified atom stereocenters. The number of hydrogen-bond acceptors (Lipinski definition) is 4. The first-order valence-electron chi connectivity index (χ1n) is 8.34. The molecule has 0 aromatic heterocycles. The predicted octanol–water partition coefficient (Wildman–Crippen LogP) is 3.63. The standard InChI is InChI=1S/C20H23N3O2/c1-4-25-18-11-9-16(10-12-18)14(2)22-15(3)20(24)23-19-8-6-5-7-17(19)13-21/h5-12,14-15,22H,4H2,1-3H3,(H,23,24)/t14-,15+/m1/s1. The molecular weight excluding hydrogens is 314 g/mol. The molecule has 0 fully saturated rings. The molecule has 0 heterocycles. The van der Waals surface area contributed by atoms with Gasteiger partial charge in [0.1, 0.15) is 11.8 Å². The highest BCUT2D eigenvalue weighted by atomic mass is 16.5. The van der Waals surface area contributed by atoms with Gasteiger partial charge in [-0.25, -0.2) is 0 Å². The second-order valence-electron chi connectivity index (χ2n) is 5.76. The lowest BCUT2D eigenvalue weighted by Crippen LogP contribution is -2.39. The maximum absolute atomic E-state index is 12.4. The number of hydrogen-bond donors (Lipinski definition) is 2. The molecule has 25 heavy (non-hydrogen) atoms. The Hall–Kier alpha value is -2.84. The van der Waals surface area contributed by atoms with Crippen LogP contribution in [0.3, 0.4) is 0 Å². The number of carbonyl (C=O) groups excluding carboxylic acids is 1. The lowest BCUT2D eigenvalue weighted by molar-refractivity contribution is -0.117. The zero-order chi connectivity index (χ0) is 18.2. The summed E-state index contributed by atoms with van der Waals surface area (Å²) < 4.78 is 5.44. The van der Waals surface area contributed by atoms with Crippen LogP contribution in [0.1, 0.15) is 37.9 Å². The van der Waals surface area contributed by atoms with Crippen molar-refractivity contribution in [2.75, 3.05) is 11.9 Å². The molecule has 2 atom stereocenters. The monoisotopic (exact) mass is 337 g/mol. The minimum Gasteiger partial charge on any atom is -0.494 e. The number of carbonyl (C=O) groups is 1.